The molecule has 2 aliphatic heterocycles. The number of hydrogen-bond acceptors (Lipinski definition) is 2. The van der Waals surface area contributed by atoms with Gasteiger partial charge in [0, 0.05) is 16.8 Å². The van der Waals surface area contributed by atoms with Crippen LogP contribution in [-0.4, -0.2) is 23.2 Å². The van der Waals surface area contributed by atoms with Crippen molar-refractivity contribution >= 4 is 23.3 Å². The van der Waals surface area contributed by atoms with E-state index in [2.05, 4.69) is 0 Å². The number of benzene rings is 1. The molecule has 1 saturated heterocycles. The quantitative estimate of drug-likeness (QED) is 0.815. The van der Waals surface area contributed by atoms with E-state index < -0.39 is 5.97 Å². The van der Waals surface area contributed by atoms with Crippen molar-refractivity contribution in [1.29, 1.82) is 0 Å². The molecule has 1 N–H and O–H groups in total. The van der Waals surface area contributed by atoms with Gasteiger partial charge in [0.05, 0.1) is 0 Å². The van der Waals surface area contributed by atoms with E-state index >= 15 is 0 Å². The van der Waals surface area contributed by atoms with Crippen molar-refractivity contribution in [1.82, 2.24) is 0 Å². The molecule has 2 aliphatic rings. The molecule has 0 amide bonds. The van der Waals surface area contributed by atoms with Crippen molar-refractivity contribution in [2.75, 3.05) is 4.90 Å². The van der Waals surface area contributed by atoms with Gasteiger partial charge in [0.1, 0.15) is 6.04 Å². The predicted molar refractivity (Wildman–Crippen MR) is 62.1 cm³/mol. The van der Waals surface area contributed by atoms with E-state index in [4.69, 9.17) is 11.6 Å². The third-order valence-electron chi connectivity index (χ3n) is 3.57. The van der Waals surface area contributed by atoms with Crippen LogP contribution in [-0.2, 0) is 11.2 Å². The SMILES string of the molecule is O=C(O)C1CCC2Cc3ccc(Cl)cc3N21. The average molecular weight is 238 g/mol. The Labute approximate surface area is 98.6 Å². The van der Waals surface area contributed by atoms with Crippen LogP contribution in [0.15, 0.2) is 18.2 Å². The fraction of sp³-hybridized carbons (Fsp3) is 0.417. The first-order valence-electron chi connectivity index (χ1n) is 5.46. The van der Waals surface area contributed by atoms with Gasteiger partial charge < -0.3 is 10.0 Å². The van der Waals surface area contributed by atoms with E-state index in [9.17, 15) is 9.90 Å². The zero-order valence-electron chi connectivity index (χ0n) is 8.69. The molecule has 3 rings (SSSR count). The Bertz CT molecular complexity index is 460. The van der Waals surface area contributed by atoms with Crippen molar-refractivity contribution in [3.8, 4) is 0 Å². The highest BCUT2D eigenvalue weighted by Crippen LogP contribution is 2.42. The number of hydrogen-bond donors (Lipinski definition) is 1. The summed E-state index contributed by atoms with van der Waals surface area (Å²) in [6.07, 6.45) is 2.66. The van der Waals surface area contributed by atoms with Crippen LogP contribution in [0.25, 0.3) is 0 Å². The first-order valence-corrected chi connectivity index (χ1v) is 5.84. The Morgan fingerprint density at radius 2 is 2.25 bits per heavy atom. The summed E-state index contributed by atoms with van der Waals surface area (Å²) in [5, 5.41) is 9.86. The molecule has 4 heteroatoms. The van der Waals surface area contributed by atoms with Crippen molar-refractivity contribution in [3.05, 3.63) is 28.8 Å². The van der Waals surface area contributed by atoms with Gasteiger partial charge in [-0.05, 0) is 37.0 Å². The number of fused-ring (bicyclic) bond motifs is 3. The second-order valence-electron chi connectivity index (χ2n) is 4.47. The van der Waals surface area contributed by atoms with Crippen LogP contribution >= 0.6 is 11.6 Å². The molecule has 2 heterocycles. The molecular formula is C12H12ClNO2. The van der Waals surface area contributed by atoms with Crippen LogP contribution in [0.1, 0.15) is 18.4 Å². The number of aliphatic carboxylic acids is 1. The Hall–Kier alpha value is -1.22. The number of anilines is 1. The van der Waals surface area contributed by atoms with Gasteiger partial charge in [-0.3, -0.25) is 0 Å². The molecule has 1 fully saturated rings. The second kappa shape index (κ2) is 3.39. The monoisotopic (exact) mass is 237 g/mol. The molecule has 3 nitrogen and oxygen atoms in total. The van der Waals surface area contributed by atoms with Gasteiger partial charge in [-0.1, -0.05) is 17.7 Å². The fourth-order valence-corrected chi connectivity index (χ4v) is 3.06. The van der Waals surface area contributed by atoms with Crippen LogP contribution in [0.4, 0.5) is 5.69 Å². The van der Waals surface area contributed by atoms with Crippen molar-refractivity contribution in [3.63, 3.8) is 0 Å². The standard InChI is InChI=1S/C12H12ClNO2/c13-8-2-1-7-5-9-3-4-10(12(15)16)14(9)11(7)6-8/h1-2,6,9-10H,3-5H2,(H,15,16). The lowest BCUT2D eigenvalue weighted by Gasteiger charge is -2.24. The van der Waals surface area contributed by atoms with Crippen LogP contribution in [0, 0.1) is 0 Å². The summed E-state index contributed by atoms with van der Waals surface area (Å²) < 4.78 is 0. The molecule has 0 spiro atoms. The summed E-state index contributed by atoms with van der Waals surface area (Å²) in [7, 11) is 0. The maximum atomic E-state index is 11.2. The Kier molecular flexibility index (Phi) is 2.11. The van der Waals surface area contributed by atoms with E-state index in [0.717, 1.165) is 24.9 Å². The third-order valence-corrected chi connectivity index (χ3v) is 3.80. The van der Waals surface area contributed by atoms with Gasteiger partial charge in [-0.15, -0.1) is 0 Å². The number of carboxylic acids is 1. The third kappa shape index (κ3) is 1.31. The van der Waals surface area contributed by atoms with Gasteiger partial charge in [-0.25, -0.2) is 4.79 Å². The second-order valence-corrected chi connectivity index (χ2v) is 4.91. The summed E-state index contributed by atoms with van der Waals surface area (Å²) in [6.45, 7) is 0. The lowest BCUT2D eigenvalue weighted by atomic mass is 10.1. The molecule has 2 atom stereocenters. The Morgan fingerprint density at radius 1 is 1.44 bits per heavy atom. The summed E-state index contributed by atoms with van der Waals surface area (Å²) in [4.78, 5) is 13.2. The topological polar surface area (TPSA) is 40.5 Å². The van der Waals surface area contributed by atoms with Gasteiger partial charge in [-0.2, -0.15) is 0 Å². The molecule has 16 heavy (non-hydrogen) atoms. The molecule has 1 aromatic rings. The van der Waals surface area contributed by atoms with Crippen LogP contribution in [0.3, 0.4) is 0 Å². The molecule has 84 valence electrons. The van der Waals surface area contributed by atoms with Gasteiger partial charge >= 0.3 is 5.97 Å². The Balaban J connectivity index is 2.05. The lowest BCUT2D eigenvalue weighted by Crippen LogP contribution is -2.38. The summed E-state index contributed by atoms with van der Waals surface area (Å²) in [6, 6.07) is 5.75. The highest BCUT2D eigenvalue weighted by molar-refractivity contribution is 6.30. The molecule has 0 aliphatic carbocycles. The first-order chi connectivity index (χ1) is 7.66. The lowest BCUT2D eigenvalue weighted by molar-refractivity contribution is -0.138. The van der Waals surface area contributed by atoms with Gasteiger partial charge in [0.2, 0.25) is 0 Å². The molecule has 0 radical (unpaired) electrons. The maximum absolute atomic E-state index is 11.2. The fourth-order valence-electron chi connectivity index (χ4n) is 2.89. The van der Waals surface area contributed by atoms with E-state index in [-0.39, 0.29) is 6.04 Å². The molecule has 0 aromatic heterocycles. The van der Waals surface area contributed by atoms with Crippen LogP contribution in [0.2, 0.25) is 5.02 Å². The average Bonchev–Trinajstić information content (AvgIpc) is 2.76. The predicted octanol–water partition coefficient (Wildman–Crippen LogP) is 2.32. The number of halogens is 1. The van der Waals surface area contributed by atoms with Crippen LogP contribution < -0.4 is 4.90 Å². The highest BCUT2D eigenvalue weighted by Gasteiger charge is 2.42. The molecule has 0 bridgehead atoms. The van der Waals surface area contributed by atoms with E-state index in [1.807, 2.05) is 23.1 Å². The smallest absolute Gasteiger partial charge is 0.326 e. The number of carboxylic acid groups (broad SMARTS) is 1. The summed E-state index contributed by atoms with van der Waals surface area (Å²) in [5.74, 6) is -0.727. The summed E-state index contributed by atoms with van der Waals surface area (Å²) in [5.41, 5.74) is 2.24. The number of carbonyl (C=O) groups is 1. The highest BCUT2D eigenvalue weighted by atomic mass is 35.5. The number of nitrogens with zero attached hydrogens (tertiary/aromatic N) is 1. The number of rotatable bonds is 1. The zero-order chi connectivity index (χ0) is 11.3. The van der Waals surface area contributed by atoms with Crippen molar-refractivity contribution in [2.45, 2.75) is 31.3 Å². The molecule has 0 saturated carbocycles. The zero-order valence-corrected chi connectivity index (χ0v) is 9.44. The van der Waals surface area contributed by atoms with E-state index in [0.29, 0.717) is 11.1 Å². The summed E-state index contributed by atoms with van der Waals surface area (Å²) >= 11 is 5.97. The minimum atomic E-state index is -0.727. The van der Waals surface area contributed by atoms with Gasteiger partial charge in [0.25, 0.3) is 0 Å². The largest absolute Gasteiger partial charge is 0.480 e. The molecule has 1 aromatic carbocycles. The molecular weight excluding hydrogens is 226 g/mol. The van der Waals surface area contributed by atoms with E-state index in [1.54, 1.807) is 0 Å². The minimum Gasteiger partial charge on any atom is -0.480 e. The van der Waals surface area contributed by atoms with Gasteiger partial charge in [0.15, 0.2) is 0 Å². The first kappa shape index (κ1) is 9.97. The van der Waals surface area contributed by atoms with Crippen molar-refractivity contribution < 1.29 is 9.90 Å². The maximum Gasteiger partial charge on any atom is 0.326 e. The van der Waals surface area contributed by atoms with Crippen molar-refractivity contribution in [2.24, 2.45) is 0 Å². The van der Waals surface area contributed by atoms with Crippen LogP contribution in [0.5, 0.6) is 0 Å². The minimum absolute atomic E-state index is 0.356. The normalized spacial score (nSPS) is 26.7. The van der Waals surface area contributed by atoms with E-state index in [1.165, 1.54) is 5.56 Å². The molecule has 2 unspecified atom stereocenters. The Morgan fingerprint density at radius 3 is 3.00 bits per heavy atom.